The lowest BCUT2D eigenvalue weighted by atomic mass is 10.1. The Morgan fingerprint density at radius 3 is 2.74 bits per heavy atom. The summed E-state index contributed by atoms with van der Waals surface area (Å²) in [5.41, 5.74) is 0.859. The molecule has 2 fully saturated rings. The molecule has 2 aliphatic heterocycles. The summed E-state index contributed by atoms with van der Waals surface area (Å²) in [7, 11) is 0. The molecule has 144 valence electrons. The number of nitrogens with zero attached hydrogens (tertiary/aromatic N) is 4. The third-order valence-corrected chi connectivity index (χ3v) is 5.62. The van der Waals surface area contributed by atoms with Gasteiger partial charge in [0.05, 0.1) is 5.69 Å². The summed E-state index contributed by atoms with van der Waals surface area (Å²) in [6, 6.07) is 0.148. The minimum Gasteiger partial charge on any atom is -0.346 e. The number of anilines is 1. The molecule has 1 amide bonds. The summed E-state index contributed by atoms with van der Waals surface area (Å²) >= 11 is 0. The van der Waals surface area contributed by atoms with Crippen LogP contribution in [0, 0.1) is 12.7 Å². The number of hydrogen-bond donors (Lipinski definition) is 2. The van der Waals surface area contributed by atoms with E-state index < -0.39 is 0 Å². The smallest absolute Gasteiger partial charge is 0.323 e. The number of carbonyl (C=O) groups excluding carboxylic acids is 1. The third kappa shape index (κ3) is 3.00. The van der Waals surface area contributed by atoms with Gasteiger partial charge in [-0.3, -0.25) is 4.79 Å². The molecule has 2 unspecified atom stereocenters. The number of hydrogen-bond acceptors (Lipinski definition) is 5. The highest BCUT2D eigenvalue weighted by atomic mass is 19.1. The molecule has 2 bridgehead atoms. The van der Waals surface area contributed by atoms with E-state index in [1.165, 1.54) is 6.33 Å². The van der Waals surface area contributed by atoms with Crippen molar-refractivity contribution in [2.45, 2.75) is 51.6 Å². The molecule has 0 aliphatic carbocycles. The van der Waals surface area contributed by atoms with Crippen LogP contribution < -0.4 is 10.6 Å². The van der Waals surface area contributed by atoms with Crippen molar-refractivity contribution >= 4 is 11.7 Å². The van der Waals surface area contributed by atoms with E-state index in [0.29, 0.717) is 42.4 Å². The zero-order chi connectivity index (χ0) is 19.1. The Labute approximate surface area is 155 Å². The molecule has 4 heterocycles. The van der Waals surface area contributed by atoms with Crippen molar-refractivity contribution in [3.05, 3.63) is 39.7 Å². The van der Waals surface area contributed by atoms with Crippen LogP contribution in [-0.2, 0) is 6.42 Å². The Balaban J connectivity index is 1.62. The van der Waals surface area contributed by atoms with E-state index in [-0.39, 0.29) is 29.5 Å². The second kappa shape index (κ2) is 6.79. The topological polar surface area (TPSA) is 98.0 Å². The number of amides is 1. The van der Waals surface area contributed by atoms with Gasteiger partial charge in [0.15, 0.2) is 11.6 Å². The maximum atomic E-state index is 14.8. The van der Waals surface area contributed by atoms with Crippen molar-refractivity contribution in [3.8, 4) is 0 Å². The molecule has 4 rings (SSSR count). The highest BCUT2D eigenvalue weighted by molar-refractivity contribution is 5.93. The van der Waals surface area contributed by atoms with Crippen molar-refractivity contribution in [3.63, 3.8) is 0 Å². The van der Waals surface area contributed by atoms with Crippen LogP contribution in [0.2, 0.25) is 0 Å². The molecule has 2 aromatic heterocycles. The molecule has 0 radical (unpaired) electrons. The third-order valence-electron chi connectivity index (χ3n) is 5.62. The van der Waals surface area contributed by atoms with E-state index in [1.807, 2.05) is 11.8 Å². The van der Waals surface area contributed by atoms with Gasteiger partial charge >= 0.3 is 5.69 Å². The first-order valence-corrected chi connectivity index (χ1v) is 9.35. The van der Waals surface area contributed by atoms with E-state index in [1.54, 1.807) is 11.8 Å². The maximum absolute atomic E-state index is 14.8. The van der Waals surface area contributed by atoms with Crippen LogP contribution >= 0.6 is 0 Å². The number of aryl methyl sites for hydroxylation is 2. The van der Waals surface area contributed by atoms with Gasteiger partial charge in [-0.05, 0) is 32.6 Å². The van der Waals surface area contributed by atoms with Crippen molar-refractivity contribution in [2.24, 2.45) is 0 Å². The SMILES string of the molecule is CCc1ncnc(N2C3CCC2CN(C(=O)c2[nH]c(=O)[nH]c2C)CC3)c1F. The molecule has 2 aromatic rings. The van der Waals surface area contributed by atoms with E-state index in [2.05, 4.69) is 19.9 Å². The van der Waals surface area contributed by atoms with Crippen molar-refractivity contribution in [2.75, 3.05) is 18.0 Å². The summed E-state index contributed by atoms with van der Waals surface area (Å²) in [6.07, 6.45) is 4.49. The van der Waals surface area contributed by atoms with Crippen LogP contribution in [0.3, 0.4) is 0 Å². The molecule has 2 atom stereocenters. The summed E-state index contributed by atoms with van der Waals surface area (Å²) in [5, 5.41) is 0. The second-order valence-electron chi connectivity index (χ2n) is 7.22. The van der Waals surface area contributed by atoms with Crippen LogP contribution in [0.25, 0.3) is 0 Å². The number of aromatic amines is 2. The number of fused-ring (bicyclic) bond motifs is 2. The number of H-pyrrole nitrogens is 2. The largest absolute Gasteiger partial charge is 0.346 e. The first-order chi connectivity index (χ1) is 13.0. The van der Waals surface area contributed by atoms with E-state index >= 15 is 0 Å². The second-order valence-corrected chi connectivity index (χ2v) is 7.22. The molecule has 0 spiro atoms. The van der Waals surface area contributed by atoms with Gasteiger partial charge in [0.2, 0.25) is 0 Å². The van der Waals surface area contributed by atoms with Gasteiger partial charge < -0.3 is 19.8 Å². The summed E-state index contributed by atoms with van der Waals surface area (Å²) in [4.78, 5) is 41.6. The lowest BCUT2D eigenvalue weighted by Crippen LogP contribution is -2.42. The Morgan fingerprint density at radius 1 is 1.26 bits per heavy atom. The van der Waals surface area contributed by atoms with Gasteiger partial charge in [0.1, 0.15) is 12.0 Å². The molecular weight excluding hydrogens is 351 g/mol. The number of carbonyl (C=O) groups is 1. The minimum atomic E-state index is -0.385. The first-order valence-electron chi connectivity index (χ1n) is 9.35. The van der Waals surface area contributed by atoms with Crippen molar-refractivity contribution in [1.82, 2.24) is 24.8 Å². The predicted octanol–water partition coefficient (Wildman–Crippen LogP) is 1.39. The van der Waals surface area contributed by atoms with Crippen LogP contribution in [-0.4, -0.2) is 55.9 Å². The lowest BCUT2D eigenvalue weighted by molar-refractivity contribution is 0.0743. The van der Waals surface area contributed by atoms with Crippen LogP contribution in [0.15, 0.2) is 11.1 Å². The number of halogens is 1. The van der Waals surface area contributed by atoms with E-state index in [0.717, 1.165) is 19.3 Å². The fourth-order valence-electron chi connectivity index (χ4n) is 4.27. The van der Waals surface area contributed by atoms with Crippen molar-refractivity contribution < 1.29 is 9.18 Å². The van der Waals surface area contributed by atoms with E-state index in [9.17, 15) is 14.0 Å². The summed E-state index contributed by atoms with van der Waals surface area (Å²) < 4.78 is 14.8. The number of nitrogens with one attached hydrogen (secondary N) is 2. The zero-order valence-electron chi connectivity index (χ0n) is 15.5. The molecule has 2 aliphatic rings. The highest BCUT2D eigenvalue weighted by Crippen LogP contribution is 2.35. The van der Waals surface area contributed by atoms with Crippen LogP contribution in [0.1, 0.15) is 48.1 Å². The average Bonchev–Trinajstić information content (AvgIpc) is 3.12. The molecule has 2 saturated heterocycles. The number of rotatable bonds is 3. The fourth-order valence-corrected chi connectivity index (χ4v) is 4.27. The van der Waals surface area contributed by atoms with Gasteiger partial charge in [-0.25, -0.2) is 19.2 Å². The Kier molecular flexibility index (Phi) is 4.45. The van der Waals surface area contributed by atoms with Gasteiger partial charge in [-0.2, -0.15) is 0 Å². The van der Waals surface area contributed by atoms with E-state index in [4.69, 9.17) is 0 Å². The van der Waals surface area contributed by atoms with Gasteiger partial charge in [-0.15, -0.1) is 0 Å². The molecule has 2 N–H and O–H groups in total. The average molecular weight is 374 g/mol. The van der Waals surface area contributed by atoms with Gasteiger partial charge in [0.25, 0.3) is 5.91 Å². The monoisotopic (exact) mass is 374 g/mol. The lowest BCUT2D eigenvalue weighted by Gasteiger charge is -2.30. The molecule has 9 heteroatoms. The molecule has 8 nitrogen and oxygen atoms in total. The Morgan fingerprint density at radius 2 is 2.04 bits per heavy atom. The summed E-state index contributed by atoms with van der Waals surface area (Å²) in [5.74, 6) is -0.215. The maximum Gasteiger partial charge on any atom is 0.323 e. The predicted molar refractivity (Wildman–Crippen MR) is 97.3 cm³/mol. The van der Waals surface area contributed by atoms with Crippen LogP contribution in [0.4, 0.5) is 10.2 Å². The quantitative estimate of drug-likeness (QED) is 0.846. The number of imidazole rings is 1. The molecule has 27 heavy (non-hydrogen) atoms. The molecule has 0 saturated carbocycles. The normalized spacial score (nSPS) is 22.2. The minimum absolute atomic E-state index is 0.00141. The Bertz CT molecular complexity index is 923. The highest BCUT2D eigenvalue weighted by Gasteiger charge is 2.41. The molecule has 0 aromatic carbocycles. The summed E-state index contributed by atoms with van der Waals surface area (Å²) in [6.45, 7) is 4.61. The number of aromatic nitrogens is 4. The van der Waals surface area contributed by atoms with Crippen molar-refractivity contribution in [1.29, 1.82) is 0 Å². The molecular formula is C18H23FN6O2. The Hall–Kier alpha value is -2.71. The number of likely N-dealkylation sites (tertiary alicyclic amines) is 1. The van der Waals surface area contributed by atoms with Crippen LogP contribution in [0.5, 0.6) is 0 Å². The van der Waals surface area contributed by atoms with Gasteiger partial charge in [-0.1, -0.05) is 6.92 Å². The standard InChI is InChI=1S/C18H23FN6O2/c1-3-13-14(19)16(21-9-20-13)25-11-4-5-12(25)8-24(7-6-11)17(26)15-10(2)22-18(27)23-15/h9,11-12H,3-8H2,1-2H3,(H2,22,23,27). The zero-order valence-corrected chi connectivity index (χ0v) is 15.5. The fraction of sp³-hybridized carbons (Fsp3) is 0.556. The van der Waals surface area contributed by atoms with Gasteiger partial charge in [0, 0.05) is 30.9 Å². The first kappa shape index (κ1) is 17.7.